The molecule has 0 bridgehead atoms. The number of likely N-dealkylation sites (N-methyl/N-ethyl adjacent to an activating group) is 1. The van der Waals surface area contributed by atoms with Gasteiger partial charge < -0.3 is 16.0 Å². The van der Waals surface area contributed by atoms with Gasteiger partial charge in [0.25, 0.3) is 0 Å². The molecule has 98 valence electrons. The van der Waals surface area contributed by atoms with Crippen LogP contribution in [0.4, 0.5) is 11.4 Å². The molecule has 5 nitrogen and oxygen atoms in total. The minimum Gasteiger partial charge on any atom is -0.397 e. The van der Waals surface area contributed by atoms with Crippen molar-refractivity contribution >= 4 is 23.2 Å². The maximum absolute atomic E-state index is 11.8. The SMILES string of the molecule is CCN(CC)C(=O)C(=O)Nc1cc(C)ccc1N. The molecule has 0 saturated carbocycles. The van der Waals surface area contributed by atoms with Gasteiger partial charge in [0.1, 0.15) is 0 Å². The van der Waals surface area contributed by atoms with Gasteiger partial charge in [-0.1, -0.05) is 6.07 Å². The topological polar surface area (TPSA) is 75.4 Å². The Bertz CT molecular complexity index is 454. The first-order valence-corrected chi connectivity index (χ1v) is 5.96. The van der Waals surface area contributed by atoms with Gasteiger partial charge >= 0.3 is 11.8 Å². The Morgan fingerprint density at radius 1 is 1.28 bits per heavy atom. The highest BCUT2D eigenvalue weighted by Gasteiger charge is 2.19. The summed E-state index contributed by atoms with van der Waals surface area (Å²) in [7, 11) is 0. The zero-order valence-electron chi connectivity index (χ0n) is 11.0. The third-order valence-electron chi connectivity index (χ3n) is 2.70. The van der Waals surface area contributed by atoms with Crippen LogP contribution >= 0.6 is 0 Å². The molecular formula is C13H19N3O2. The van der Waals surface area contributed by atoms with Crippen molar-refractivity contribution in [1.29, 1.82) is 0 Å². The fraction of sp³-hybridized carbons (Fsp3) is 0.385. The number of anilines is 2. The van der Waals surface area contributed by atoms with Crippen molar-refractivity contribution < 1.29 is 9.59 Å². The first kappa shape index (κ1) is 14.0. The minimum atomic E-state index is -0.656. The summed E-state index contributed by atoms with van der Waals surface area (Å²) < 4.78 is 0. The van der Waals surface area contributed by atoms with Gasteiger partial charge in [0, 0.05) is 13.1 Å². The number of carbonyl (C=O) groups excluding carboxylic acids is 2. The van der Waals surface area contributed by atoms with E-state index in [2.05, 4.69) is 5.32 Å². The van der Waals surface area contributed by atoms with Crippen molar-refractivity contribution in [3.8, 4) is 0 Å². The van der Waals surface area contributed by atoms with Crippen LogP contribution in [-0.2, 0) is 9.59 Å². The normalized spacial score (nSPS) is 9.94. The van der Waals surface area contributed by atoms with Crippen LogP contribution in [0.5, 0.6) is 0 Å². The molecule has 0 aliphatic carbocycles. The summed E-state index contributed by atoms with van der Waals surface area (Å²) in [6.45, 7) is 6.56. The Hall–Kier alpha value is -2.04. The molecule has 0 atom stereocenters. The van der Waals surface area contributed by atoms with Gasteiger partial charge in [0.05, 0.1) is 11.4 Å². The van der Waals surface area contributed by atoms with E-state index in [1.807, 2.05) is 26.8 Å². The predicted octanol–water partition coefficient (Wildman–Crippen LogP) is 1.38. The number of nitrogen functional groups attached to an aromatic ring is 1. The quantitative estimate of drug-likeness (QED) is 0.627. The second-order valence-corrected chi connectivity index (χ2v) is 4.02. The average Bonchev–Trinajstić information content (AvgIpc) is 2.35. The molecule has 2 amide bonds. The lowest BCUT2D eigenvalue weighted by Gasteiger charge is -2.18. The number of hydrogen-bond donors (Lipinski definition) is 2. The molecule has 18 heavy (non-hydrogen) atoms. The van der Waals surface area contributed by atoms with Crippen LogP contribution in [0.1, 0.15) is 19.4 Å². The largest absolute Gasteiger partial charge is 0.397 e. The lowest BCUT2D eigenvalue weighted by molar-refractivity contribution is -0.142. The maximum Gasteiger partial charge on any atom is 0.313 e. The van der Waals surface area contributed by atoms with E-state index in [9.17, 15) is 9.59 Å². The summed E-state index contributed by atoms with van der Waals surface area (Å²) in [5.41, 5.74) is 7.63. The van der Waals surface area contributed by atoms with Crippen LogP contribution in [0, 0.1) is 6.92 Å². The molecule has 0 heterocycles. The van der Waals surface area contributed by atoms with E-state index in [0.29, 0.717) is 24.5 Å². The second kappa shape index (κ2) is 6.05. The van der Waals surface area contributed by atoms with Crippen LogP contribution in [-0.4, -0.2) is 29.8 Å². The highest BCUT2D eigenvalue weighted by atomic mass is 16.2. The minimum absolute atomic E-state index is 0.446. The van der Waals surface area contributed by atoms with Gasteiger partial charge in [-0.25, -0.2) is 0 Å². The Morgan fingerprint density at radius 2 is 1.89 bits per heavy atom. The first-order valence-electron chi connectivity index (χ1n) is 5.96. The third-order valence-corrected chi connectivity index (χ3v) is 2.70. The Morgan fingerprint density at radius 3 is 2.44 bits per heavy atom. The highest BCUT2D eigenvalue weighted by molar-refractivity contribution is 6.39. The van der Waals surface area contributed by atoms with E-state index in [-0.39, 0.29) is 0 Å². The number of amides is 2. The molecule has 0 aliphatic rings. The van der Waals surface area contributed by atoms with Gasteiger partial charge in [-0.2, -0.15) is 0 Å². The molecule has 1 aromatic carbocycles. The fourth-order valence-corrected chi connectivity index (χ4v) is 1.61. The summed E-state index contributed by atoms with van der Waals surface area (Å²) in [5, 5.41) is 2.54. The molecule has 3 N–H and O–H groups in total. The molecule has 1 rings (SSSR count). The first-order chi connectivity index (χ1) is 8.49. The Kier molecular flexibility index (Phi) is 4.71. The summed E-state index contributed by atoms with van der Waals surface area (Å²) in [6.07, 6.45) is 0. The van der Waals surface area contributed by atoms with E-state index in [1.165, 1.54) is 4.90 Å². The maximum atomic E-state index is 11.8. The molecule has 0 spiro atoms. The van der Waals surface area contributed by atoms with Gasteiger partial charge in [-0.05, 0) is 38.5 Å². The molecule has 0 saturated heterocycles. The number of benzene rings is 1. The number of carbonyl (C=O) groups is 2. The number of rotatable bonds is 3. The van der Waals surface area contributed by atoms with Gasteiger partial charge in [0.2, 0.25) is 0 Å². The predicted molar refractivity (Wildman–Crippen MR) is 72.1 cm³/mol. The fourth-order valence-electron chi connectivity index (χ4n) is 1.61. The number of nitrogens with two attached hydrogens (primary N) is 1. The average molecular weight is 249 g/mol. The molecular weight excluding hydrogens is 230 g/mol. The van der Waals surface area contributed by atoms with Gasteiger partial charge in [0.15, 0.2) is 0 Å². The van der Waals surface area contributed by atoms with E-state index >= 15 is 0 Å². The molecule has 0 unspecified atom stereocenters. The standard InChI is InChI=1S/C13H19N3O2/c1-4-16(5-2)13(18)12(17)15-11-8-9(3)6-7-10(11)14/h6-8H,4-5,14H2,1-3H3,(H,15,17). The summed E-state index contributed by atoms with van der Waals surface area (Å²) >= 11 is 0. The van der Waals surface area contributed by atoms with Crippen LogP contribution in [0.25, 0.3) is 0 Å². The van der Waals surface area contributed by atoms with Crippen LogP contribution in [0.15, 0.2) is 18.2 Å². The summed E-state index contributed by atoms with van der Waals surface area (Å²) in [6, 6.07) is 5.28. The van der Waals surface area contributed by atoms with Crippen molar-refractivity contribution in [1.82, 2.24) is 4.90 Å². The molecule has 1 aromatic rings. The summed E-state index contributed by atoms with van der Waals surface area (Å²) in [5.74, 6) is -1.20. The van der Waals surface area contributed by atoms with E-state index in [1.54, 1.807) is 12.1 Å². The third kappa shape index (κ3) is 3.23. The van der Waals surface area contributed by atoms with Crippen molar-refractivity contribution in [3.63, 3.8) is 0 Å². The van der Waals surface area contributed by atoms with E-state index in [0.717, 1.165) is 5.56 Å². The number of nitrogens with zero attached hydrogens (tertiary/aromatic N) is 1. The zero-order chi connectivity index (χ0) is 13.7. The number of hydrogen-bond acceptors (Lipinski definition) is 3. The molecule has 0 aromatic heterocycles. The van der Waals surface area contributed by atoms with E-state index in [4.69, 9.17) is 5.73 Å². The number of aryl methyl sites for hydroxylation is 1. The van der Waals surface area contributed by atoms with Gasteiger partial charge in [-0.3, -0.25) is 9.59 Å². The Balaban J connectivity index is 2.81. The molecule has 0 radical (unpaired) electrons. The van der Waals surface area contributed by atoms with Crippen molar-refractivity contribution in [3.05, 3.63) is 23.8 Å². The highest BCUT2D eigenvalue weighted by Crippen LogP contribution is 2.19. The van der Waals surface area contributed by atoms with E-state index < -0.39 is 11.8 Å². The zero-order valence-corrected chi connectivity index (χ0v) is 11.0. The van der Waals surface area contributed by atoms with Crippen molar-refractivity contribution in [2.45, 2.75) is 20.8 Å². The van der Waals surface area contributed by atoms with Crippen molar-refractivity contribution in [2.24, 2.45) is 0 Å². The van der Waals surface area contributed by atoms with Crippen LogP contribution in [0.2, 0.25) is 0 Å². The molecule has 0 aliphatic heterocycles. The number of nitrogens with one attached hydrogen (secondary N) is 1. The lowest BCUT2D eigenvalue weighted by Crippen LogP contribution is -2.39. The monoisotopic (exact) mass is 249 g/mol. The Labute approximate surface area is 107 Å². The van der Waals surface area contributed by atoms with Crippen LogP contribution < -0.4 is 11.1 Å². The lowest BCUT2D eigenvalue weighted by atomic mass is 10.2. The molecule has 0 fully saturated rings. The van der Waals surface area contributed by atoms with Gasteiger partial charge in [-0.15, -0.1) is 0 Å². The summed E-state index contributed by atoms with van der Waals surface area (Å²) in [4.78, 5) is 25.0. The van der Waals surface area contributed by atoms with Crippen molar-refractivity contribution in [2.75, 3.05) is 24.1 Å². The van der Waals surface area contributed by atoms with Crippen LogP contribution in [0.3, 0.4) is 0 Å². The second-order valence-electron chi connectivity index (χ2n) is 4.02. The smallest absolute Gasteiger partial charge is 0.313 e. The molecule has 5 heteroatoms.